The molecule has 1 unspecified atom stereocenters. The number of fused-ring (bicyclic) bond motifs is 1. The van der Waals surface area contributed by atoms with Crippen LogP contribution in [0, 0.1) is 5.53 Å². The molecule has 1 aliphatic rings. The standard InChI is InChI=1S/C43H58N6O6.CH3NO/c1-30(49(46-45)39-27-34(53-6)18-19-40(39)54-7)23-31-24-32(43(2,3)4)26-35(25-31)55-22-13-11-9-8-10-12-21-47(5)41(51)20-17-33(29-50)48-28-37-36(42(48)52)15-14-16-38(37)44;2-1-3/h14-16,18-19,23-27,29,33,45H,8-13,17,20-22,28,44H2,1-7H3;1H,(H2,2,3)/b30-23+,46-45?;. The van der Waals surface area contributed by atoms with Crippen LogP contribution >= 0.6 is 0 Å². The van der Waals surface area contributed by atoms with Crippen molar-refractivity contribution in [2.75, 3.05) is 45.2 Å². The molecule has 0 aromatic heterocycles. The second-order valence-electron chi connectivity index (χ2n) is 15.2. The van der Waals surface area contributed by atoms with E-state index >= 15 is 0 Å². The van der Waals surface area contributed by atoms with Gasteiger partial charge in [0.2, 0.25) is 12.3 Å². The normalized spacial score (nSPS) is 12.8. The molecule has 3 amide bonds. The number of rotatable bonds is 21. The number of benzene rings is 3. The van der Waals surface area contributed by atoms with Crippen LogP contribution in [0.2, 0.25) is 0 Å². The van der Waals surface area contributed by atoms with Crippen LogP contribution in [-0.2, 0) is 26.3 Å². The Morgan fingerprint density at radius 3 is 2.29 bits per heavy atom. The number of allylic oxidation sites excluding steroid dienone is 1. The molecule has 0 spiro atoms. The zero-order valence-corrected chi connectivity index (χ0v) is 35.1. The number of unbranched alkanes of at least 4 members (excludes halogenated alkanes) is 5. The van der Waals surface area contributed by atoms with Crippen molar-refractivity contribution < 1.29 is 33.4 Å². The first-order chi connectivity index (χ1) is 27.7. The van der Waals surface area contributed by atoms with Gasteiger partial charge in [-0.05, 0) is 85.2 Å². The number of hydrogen-bond donors (Lipinski definition) is 3. The van der Waals surface area contributed by atoms with Gasteiger partial charge in [0.1, 0.15) is 29.2 Å². The van der Waals surface area contributed by atoms with Crippen LogP contribution in [0.3, 0.4) is 0 Å². The van der Waals surface area contributed by atoms with Crippen molar-refractivity contribution >= 4 is 42.0 Å². The van der Waals surface area contributed by atoms with Crippen molar-refractivity contribution in [2.45, 2.75) is 97.1 Å². The molecule has 0 saturated heterocycles. The first kappa shape index (κ1) is 46.5. The highest BCUT2D eigenvalue weighted by molar-refractivity contribution is 6.01. The number of methoxy groups -OCH3 is 2. The third-order valence-corrected chi connectivity index (χ3v) is 10.0. The monoisotopic (exact) mass is 799 g/mol. The Bertz CT molecular complexity index is 1890. The summed E-state index contributed by atoms with van der Waals surface area (Å²) in [5, 5.41) is 5.31. The van der Waals surface area contributed by atoms with Crippen LogP contribution in [0.15, 0.2) is 65.5 Å². The van der Waals surface area contributed by atoms with Gasteiger partial charge in [-0.15, -0.1) is 0 Å². The van der Waals surface area contributed by atoms with E-state index in [0.717, 1.165) is 72.9 Å². The lowest BCUT2D eigenvalue weighted by Crippen LogP contribution is -2.38. The second kappa shape index (κ2) is 22.7. The van der Waals surface area contributed by atoms with Crippen LogP contribution in [0.25, 0.3) is 6.08 Å². The second-order valence-corrected chi connectivity index (χ2v) is 15.2. The number of primary amides is 1. The fourth-order valence-electron chi connectivity index (χ4n) is 6.69. The van der Waals surface area contributed by atoms with Gasteiger partial charge >= 0.3 is 0 Å². The van der Waals surface area contributed by atoms with E-state index in [4.69, 9.17) is 30.3 Å². The minimum absolute atomic E-state index is 0.0298. The maximum Gasteiger partial charge on any atom is 0.255 e. The van der Waals surface area contributed by atoms with Gasteiger partial charge < -0.3 is 40.3 Å². The summed E-state index contributed by atoms with van der Waals surface area (Å²) in [4.78, 5) is 49.4. The lowest BCUT2D eigenvalue weighted by molar-refractivity contribution is -0.130. The van der Waals surface area contributed by atoms with Crippen molar-refractivity contribution in [3.05, 3.63) is 82.5 Å². The maximum absolute atomic E-state index is 12.9. The SMILES string of the molecule is COc1ccc(OC)c(N(N=N)/C(C)=C/c2cc(OCCCCCCCCN(C)C(=O)CCC(C=O)N3Cc4c(N)cccc4C3=O)cc(C(C)(C)C)c2)c1.NC=O. The summed E-state index contributed by atoms with van der Waals surface area (Å²) in [7, 11) is 4.97. The molecule has 1 heterocycles. The Labute approximate surface area is 342 Å². The van der Waals surface area contributed by atoms with Crippen LogP contribution in [-0.4, -0.2) is 74.8 Å². The molecule has 0 bridgehead atoms. The predicted molar refractivity (Wildman–Crippen MR) is 227 cm³/mol. The van der Waals surface area contributed by atoms with Gasteiger partial charge in [-0.25, -0.2) is 5.01 Å². The summed E-state index contributed by atoms with van der Waals surface area (Å²) >= 11 is 0. The number of amides is 3. The minimum atomic E-state index is -0.664. The largest absolute Gasteiger partial charge is 0.497 e. The lowest BCUT2D eigenvalue weighted by Gasteiger charge is -2.24. The number of nitrogen functional groups attached to an aromatic ring is 1. The number of carbonyl (C=O) groups excluding carboxylic acids is 4. The number of nitrogens with zero attached hydrogens (tertiary/aromatic N) is 4. The Balaban J connectivity index is 0.00000291. The molecule has 0 saturated carbocycles. The van der Waals surface area contributed by atoms with Crippen molar-refractivity contribution in [1.82, 2.24) is 9.80 Å². The molecule has 0 fully saturated rings. The molecule has 314 valence electrons. The van der Waals surface area contributed by atoms with E-state index in [9.17, 15) is 14.4 Å². The zero-order valence-electron chi connectivity index (χ0n) is 35.1. The summed E-state index contributed by atoms with van der Waals surface area (Å²) in [6, 6.07) is 16.2. The average molecular weight is 800 g/mol. The molecule has 1 atom stereocenters. The minimum Gasteiger partial charge on any atom is -0.497 e. The Hall–Kier alpha value is -5.92. The van der Waals surface area contributed by atoms with Crippen molar-refractivity contribution in [3.8, 4) is 17.2 Å². The van der Waals surface area contributed by atoms with Gasteiger partial charge in [0, 0.05) is 55.1 Å². The lowest BCUT2D eigenvalue weighted by atomic mass is 9.86. The third kappa shape index (κ3) is 13.1. The molecule has 0 aliphatic carbocycles. The first-order valence-electron chi connectivity index (χ1n) is 19.6. The molecular formula is C44H61N7O7. The van der Waals surface area contributed by atoms with E-state index in [1.807, 2.05) is 19.1 Å². The van der Waals surface area contributed by atoms with Crippen molar-refractivity contribution in [2.24, 2.45) is 11.0 Å². The summed E-state index contributed by atoms with van der Waals surface area (Å²) in [6.07, 6.45) is 9.51. The first-order valence-corrected chi connectivity index (χ1v) is 19.6. The Kier molecular flexibility index (Phi) is 18.2. The highest BCUT2D eigenvalue weighted by Crippen LogP contribution is 2.36. The number of nitrogens with two attached hydrogens (primary N) is 2. The van der Waals surface area contributed by atoms with E-state index in [2.05, 4.69) is 43.9 Å². The molecule has 0 radical (unpaired) electrons. The predicted octanol–water partition coefficient (Wildman–Crippen LogP) is 7.68. The van der Waals surface area contributed by atoms with Gasteiger partial charge in [-0.3, -0.25) is 14.4 Å². The van der Waals surface area contributed by atoms with E-state index < -0.39 is 6.04 Å². The van der Waals surface area contributed by atoms with Gasteiger partial charge in [-0.1, -0.05) is 63.8 Å². The summed E-state index contributed by atoms with van der Waals surface area (Å²) in [6.45, 7) is 9.96. The summed E-state index contributed by atoms with van der Waals surface area (Å²) < 4.78 is 17.2. The quantitative estimate of drug-likeness (QED) is 0.0319. The molecule has 14 nitrogen and oxygen atoms in total. The van der Waals surface area contributed by atoms with E-state index in [1.165, 1.54) is 9.91 Å². The molecule has 58 heavy (non-hydrogen) atoms. The molecule has 5 N–H and O–H groups in total. The number of hydrogen-bond acceptors (Lipinski definition) is 10. The average Bonchev–Trinajstić information content (AvgIpc) is 3.54. The summed E-state index contributed by atoms with van der Waals surface area (Å²) in [5.41, 5.74) is 23.3. The summed E-state index contributed by atoms with van der Waals surface area (Å²) in [5.74, 6) is 1.77. The number of ether oxygens (including phenoxy) is 3. The maximum atomic E-state index is 12.9. The Morgan fingerprint density at radius 2 is 1.67 bits per heavy atom. The fourth-order valence-corrected chi connectivity index (χ4v) is 6.69. The molecule has 4 rings (SSSR count). The number of anilines is 2. The number of carbonyl (C=O) groups is 4. The Morgan fingerprint density at radius 1 is 0.983 bits per heavy atom. The van der Waals surface area contributed by atoms with Gasteiger partial charge in [0.05, 0.1) is 26.9 Å². The van der Waals surface area contributed by atoms with Crippen LogP contribution in [0.5, 0.6) is 17.2 Å². The van der Waals surface area contributed by atoms with E-state index in [0.29, 0.717) is 41.6 Å². The van der Waals surface area contributed by atoms with Crippen LogP contribution < -0.4 is 30.7 Å². The number of nitrogens with one attached hydrogen (secondary N) is 1. The molecule has 3 aromatic carbocycles. The number of aldehydes is 1. The van der Waals surface area contributed by atoms with Crippen LogP contribution in [0.4, 0.5) is 11.4 Å². The molecule has 14 heteroatoms. The fraction of sp³-hybridized carbons (Fsp3) is 0.455. The molecule has 3 aromatic rings. The topological polar surface area (TPSA) is 194 Å². The van der Waals surface area contributed by atoms with Crippen LogP contribution in [0.1, 0.15) is 106 Å². The van der Waals surface area contributed by atoms with Crippen molar-refractivity contribution in [1.29, 1.82) is 5.53 Å². The van der Waals surface area contributed by atoms with Gasteiger partial charge in [0.25, 0.3) is 5.91 Å². The van der Waals surface area contributed by atoms with Gasteiger partial charge in [-0.2, -0.15) is 5.53 Å². The van der Waals surface area contributed by atoms with E-state index in [-0.39, 0.29) is 43.0 Å². The van der Waals surface area contributed by atoms with Gasteiger partial charge in [0.15, 0.2) is 0 Å². The highest BCUT2D eigenvalue weighted by Gasteiger charge is 2.34. The van der Waals surface area contributed by atoms with E-state index in [1.54, 1.807) is 62.6 Å². The van der Waals surface area contributed by atoms with Crippen molar-refractivity contribution in [3.63, 3.8) is 0 Å². The molecule has 1 aliphatic heterocycles. The third-order valence-electron chi connectivity index (χ3n) is 10.0. The highest BCUT2D eigenvalue weighted by atomic mass is 16.5. The zero-order chi connectivity index (χ0) is 42.8. The molecular weight excluding hydrogens is 739 g/mol. The smallest absolute Gasteiger partial charge is 0.255 e.